The number of carbonyl (C=O) groups excluding carboxylic acids is 1. The van der Waals surface area contributed by atoms with Gasteiger partial charge in [0.15, 0.2) is 0 Å². The molecule has 1 aromatic rings. The molecule has 0 unspecified atom stereocenters. The Hall–Kier alpha value is -1.39. The third kappa shape index (κ3) is 5.85. The summed E-state index contributed by atoms with van der Waals surface area (Å²) in [7, 11) is 1.65. The van der Waals surface area contributed by atoms with E-state index in [0.717, 1.165) is 17.5 Å². The molecule has 0 saturated heterocycles. The quantitative estimate of drug-likeness (QED) is 0.732. The molecule has 0 atom stereocenters. The van der Waals surface area contributed by atoms with Crippen molar-refractivity contribution in [1.82, 2.24) is 5.32 Å². The number of hydrogen-bond donors (Lipinski definition) is 1. The average Bonchev–Trinajstić information content (AvgIpc) is 2.37. The van der Waals surface area contributed by atoms with Crippen LogP contribution in [0.25, 0.3) is 0 Å². The fourth-order valence-corrected chi connectivity index (χ4v) is 1.78. The van der Waals surface area contributed by atoms with E-state index in [2.05, 4.69) is 5.32 Å². The maximum Gasteiger partial charge on any atom is 0.251 e. The zero-order valence-corrected chi connectivity index (χ0v) is 12.0. The number of hydrogen-bond acceptors (Lipinski definition) is 3. The summed E-state index contributed by atoms with van der Waals surface area (Å²) < 4.78 is 10.2. The summed E-state index contributed by atoms with van der Waals surface area (Å²) in [5.41, 5.74) is 2.92. The van der Waals surface area contributed by atoms with Crippen molar-refractivity contribution in [2.75, 3.05) is 33.5 Å². The normalized spacial score (nSPS) is 10.5. The van der Waals surface area contributed by atoms with E-state index in [9.17, 15) is 4.79 Å². The summed E-state index contributed by atoms with van der Waals surface area (Å²) >= 11 is 0. The van der Waals surface area contributed by atoms with Gasteiger partial charge in [-0.2, -0.15) is 0 Å². The highest BCUT2D eigenvalue weighted by Gasteiger charge is 2.07. The lowest BCUT2D eigenvalue weighted by atomic mass is 10.1. The van der Waals surface area contributed by atoms with Crippen LogP contribution in [-0.4, -0.2) is 39.4 Å². The molecule has 0 aromatic heterocycles. The van der Waals surface area contributed by atoms with E-state index < -0.39 is 0 Å². The molecule has 0 aliphatic carbocycles. The number of methoxy groups -OCH3 is 1. The van der Waals surface area contributed by atoms with Crippen LogP contribution in [0, 0.1) is 13.8 Å². The topological polar surface area (TPSA) is 47.6 Å². The summed E-state index contributed by atoms with van der Waals surface area (Å²) in [6, 6.07) is 5.84. The predicted molar refractivity (Wildman–Crippen MR) is 75.6 cm³/mol. The lowest BCUT2D eigenvalue weighted by Crippen LogP contribution is -2.26. The summed E-state index contributed by atoms with van der Waals surface area (Å²) in [5, 5.41) is 2.90. The van der Waals surface area contributed by atoms with Crippen molar-refractivity contribution in [2.45, 2.75) is 20.3 Å². The van der Waals surface area contributed by atoms with Gasteiger partial charge in [-0.05, 0) is 31.9 Å². The van der Waals surface area contributed by atoms with E-state index in [-0.39, 0.29) is 5.91 Å². The first-order valence-corrected chi connectivity index (χ1v) is 6.57. The summed E-state index contributed by atoms with van der Waals surface area (Å²) in [6.07, 6.45) is 0.806. The molecule has 4 nitrogen and oxygen atoms in total. The van der Waals surface area contributed by atoms with Gasteiger partial charge in [0.25, 0.3) is 5.91 Å². The molecular formula is C15H23NO3. The minimum absolute atomic E-state index is 0.0191. The molecule has 0 fully saturated rings. The molecule has 0 heterocycles. The minimum Gasteiger partial charge on any atom is -0.382 e. The number of benzene rings is 1. The van der Waals surface area contributed by atoms with E-state index in [0.29, 0.717) is 26.4 Å². The van der Waals surface area contributed by atoms with Gasteiger partial charge in [-0.25, -0.2) is 0 Å². The number of nitrogens with one attached hydrogen (secondary N) is 1. The SMILES string of the molecule is COCCOCCCNC(=O)c1ccc(C)cc1C. The molecule has 1 amide bonds. The van der Waals surface area contributed by atoms with Gasteiger partial charge in [0.1, 0.15) is 0 Å². The van der Waals surface area contributed by atoms with Crippen LogP contribution in [-0.2, 0) is 9.47 Å². The van der Waals surface area contributed by atoms with Crippen molar-refractivity contribution in [3.63, 3.8) is 0 Å². The van der Waals surface area contributed by atoms with Crippen LogP contribution in [0.5, 0.6) is 0 Å². The maximum absolute atomic E-state index is 11.9. The molecule has 106 valence electrons. The minimum atomic E-state index is -0.0191. The van der Waals surface area contributed by atoms with E-state index in [1.807, 2.05) is 32.0 Å². The second-order valence-corrected chi connectivity index (χ2v) is 4.53. The highest BCUT2D eigenvalue weighted by atomic mass is 16.5. The molecule has 19 heavy (non-hydrogen) atoms. The summed E-state index contributed by atoms with van der Waals surface area (Å²) in [6.45, 7) is 6.44. The Kier molecular flexibility index (Phi) is 7.15. The van der Waals surface area contributed by atoms with Crippen LogP contribution < -0.4 is 5.32 Å². The molecule has 1 rings (SSSR count). The standard InChI is InChI=1S/C15H23NO3/c1-12-5-6-14(13(2)11-12)15(17)16-7-4-8-19-10-9-18-3/h5-6,11H,4,7-10H2,1-3H3,(H,16,17). The lowest BCUT2D eigenvalue weighted by molar-refractivity contribution is 0.0688. The smallest absolute Gasteiger partial charge is 0.251 e. The van der Waals surface area contributed by atoms with Gasteiger partial charge in [0.2, 0.25) is 0 Å². The molecule has 1 N–H and O–H groups in total. The van der Waals surface area contributed by atoms with Crippen LogP contribution >= 0.6 is 0 Å². The first-order chi connectivity index (χ1) is 9.15. The first-order valence-electron chi connectivity index (χ1n) is 6.57. The fraction of sp³-hybridized carbons (Fsp3) is 0.533. The molecule has 0 radical (unpaired) electrons. The average molecular weight is 265 g/mol. The Morgan fingerprint density at radius 1 is 1.21 bits per heavy atom. The maximum atomic E-state index is 11.9. The number of amides is 1. The molecule has 0 saturated carbocycles. The molecule has 0 aliphatic rings. The van der Waals surface area contributed by atoms with Crippen molar-refractivity contribution in [3.8, 4) is 0 Å². The Labute approximate surface area is 115 Å². The van der Waals surface area contributed by atoms with Crippen LogP contribution in [0.2, 0.25) is 0 Å². The van der Waals surface area contributed by atoms with E-state index in [4.69, 9.17) is 9.47 Å². The predicted octanol–water partition coefficient (Wildman–Crippen LogP) is 2.09. The number of rotatable bonds is 8. The Balaban J connectivity index is 2.24. The second-order valence-electron chi connectivity index (χ2n) is 4.53. The van der Waals surface area contributed by atoms with Crippen molar-refractivity contribution in [2.24, 2.45) is 0 Å². The summed E-state index contributed by atoms with van der Waals surface area (Å²) in [5.74, 6) is -0.0191. The highest BCUT2D eigenvalue weighted by Crippen LogP contribution is 2.10. The molecule has 0 aliphatic heterocycles. The zero-order valence-electron chi connectivity index (χ0n) is 12.0. The van der Waals surface area contributed by atoms with Crippen LogP contribution in [0.1, 0.15) is 27.9 Å². The van der Waals surface area contributed by atoms with Gasteiger partial charge in [0, 0.05) is 25.8 Å². The van der Waals surface area contributed by atoms with Crippen molar-refractivity contribution in [3.05, 3.63) is 34.9 Å². The van der Waals surface area contributed by atoms with Crippen molar-refractivity contribution >= 4 is 5.91 Å². The third-order valence-electron chi connectivity index (χ3n) is 2.81. The van der Waals surface area contributed by atoms with Gasteiger partial charge in [0.05, 0.1) is 13.2 Å². The summed E-state index contributed by atoms with van der Waals surface area (Å²) in [4.78, 5) is 11.9. The second kappa shape index (κ2) is 8.67. The molecule has 0 bridgehead atoms. The van der Waals surface area contributed by atoms with Gasteiger partial charge in [-0.1, -0.05) is 17.7 Å². The van der Waals surface area contributed by atoms with E-state index in [1.54, 1.807) is 7.11 Å². The van der Waals surface area contributed by atoms with Gasteiger partial charge < -0.3 is 14.8 Å². The lowest BCUT2D eigenvalue weighted by Gasteiger charge is -2.08. The zero-order chi connectivity index (χ0) is 14.1. The molecule has 4 heteroatoms. The number of carbonyl (C=O) groups is 1. The molecule has 0 spiro atoms. The fourth-order valence-electron chi connectivity index (χ4n) is 1.78. The van der Waals surface area contributed by atoms with E-state index in [1.165, 1.54) is 5.56 Å². The van der Waals surface area contributed by atoms with Gasteiger partial charge >= 0.3 is 0 Å². The Morgan fingerprint density at radius 3 is 2.68 bits per heavy atom. The molecular weight excluding hydrogens is 242 g/mol. The molecule has 1 aromatic carbocycles. The van der Waals surface area contributed by atoms with Crippen LogP contribution in [0.3, 0.4) is 0 Å². The monoisotopic (exact) mass is 265 g/mol. The van der Waals surface area contributed by atoms with E-state index >= 15 is 0 Å². The Bertz CT molecular complexity index is 404. The largest absolute Gasteiger partial charge is 0.382 e. The third-order valence-corrected chi connectivity index (χ3v) is 2.81. The van der Waals surface area contributed by atoms with Crippen molar-refractivity contribution < 1.29 is 14.3 Å². The van der Waals surface area contributed by atoms with Crippen LogP contribution in [0.15, 0.2) is 18.2 Å². The van der Waals surface area contributed by atoms with Crippen molar-refractivity contribution in [1.29, 1.82) is 0 Å². The highest BCUT2D eigenvalue weighted by molar-refractivity contribution is 5.95. The van der Waals surface area contributed by atoms with Gasteiger partial charge in [-0.3, -0.25) is 4.79 Å². The number of aryl methyl sites for hydroxylation is 2. The number of ether oxygens (including phenoxy) is 2. The van der Waals surface area contributed by atoms with Gasteiger partial charge in [-0.15, -0.1) is 0 Å². The van der Waals surface area contributed by atoms with Crippen LogP contribution in [0.4, 0.5) is 0 Å². The first kappa shape index (κ1) is 15.7. The Morgan fingerprint density at radius 2 is 2.00 bits per heavy atom.